The highest BCUT2D eigenvalue weighted by Crippen LogP contribution is 2.32. The van der Waals surface area contributed by atoms with E-state index >= 15 is 0 Å². The predicted octanol–water partition coefficient (Wildman–Crippen LogP) is 1.87. The smallest absolute Gasteiger partial charge is 0.232 e. The fourth-order valence-electron chi connectivity index (χ4n) is 2.97. The molecule has 0 aliphatic carbocycles. The lowest BCUT2D eigenvalue weighted by Gasteiger charge is -2.28. The van der Waals surface area contributed by atoms with Crippen LogP contribution in [-0.4, -0.2) is 59.3 Å². The highest BCUT2D eigenvalue weighted by atomic mass is 32.2. The van der Waals surface area contributed by atoms with Crippen LogP contribution in [0.5, 0.6) is 11.5 Å². The van der Waals surface area contributed by atoms with Crippen LogP contribution in [0.2, 0.25) is 0 Å². The van der Waals surface area contributed by atoms with E-state index in [1.54, 1.807) is 18.2 Å². The van der Waals surface area contributed by atoms with E-state index in [-0.39, 0.29) is 18.9 Å². The quantitative estimate of drug-likeness (QED) is 0.732. The number of rotatable bonds is 7. The molecule has 8 heteroatoms. The highest BCUT2D eigenvalue weighted by molar-refractivity contribution is 7.92. The number of nitrogens with zero attached hydrogens (tertiary/aromatic N) is 2. The van der Waals surface area contributed by atoms with Gasteiger partial charge in [0.05, 0.1) is 26.2 Å². The average molecular weight is 370 g/mol. The Balaban J connectivity index is 2.15. The first-order valence-electron chi connectivity index (χ1n) is 8.34. The van der Waals surface area contributed by atoms with Crippen molar-refractivity contribution < 1.29 is 22.7 Å². The Morgan fingerprint density at radius 2 is 1.76 bits per heavy atom. The Bertz CT molecular complexity index is 699. The third kappa shape index (κ3) is 5.01. The number of carbonyl (C=O) groups excluding carboxylic acids is 1. The lowest BCUT2D eigenvalue weighted by atomic mass is 10.1. The first-order valence-corrected chi connectivity index (χ1v) is 10.2. The van der Waals surface area contributed by atoms with E-state index in [0.717, 1.165) is 38.6 Å². The molecule has 0 atom stereocenters. The second-order valence-electron chi connectivity index (χ2n) is 6.07. The van der Waals surface area contributed by atoms with E-state index in [9.17, 15) is 13.2 Å². The number of hydrogen-bond acceptors (Lipinski definition) is 5. The SMILES string of the molecule is COc1ccc(N(CCC(=O)N2CCCCC2)S(C)(=O)=O)cc1OC. The first-order chi connectivity index (χ1) is 11.9. The number of likely N-dealkylation sites (tertiary alicyclic amines) is 1. The van der Waals surface area contributed by atoms with Gasteiger partial charge >= 0.3 is 0 Å². The monoisotopic (exact) mass is 370 g/mol. The van der Waals surface area contributed by atoms with Crippen LogP contribution in [0.15, 0.2) is 18.2 Å². The molecule has 1 fully saturated rings. The molecule has 140 valence electrons. The van der Waals surface area contributed by atoms with Crippen LogP contribution >= 0.6 is 0 Å². The summed E-state index contributed by atoms with van der Waals surface area (Å²) in [4.78, 5) is 14.2. The lowest BCUT2D eigenvalue weighted by molar-refractivity contribution is -0.131. The zero-order chi connectivity index (χ0) is 18.4. The molecule has 0 radical (unpaired) electrons. The van der Waals surface area contributed by atoms with Crippen molar-refractivity contribution >= 4 is 21.6 Å². The van der Waals surface area contributed by atoms with Crippen LogP contribution in [0.4, 0.5) is 5.69 Å². The van der Waals surface area contributed by atoms with Gasteiger partial charge in [0.2, 0.25) is 15.9 Å². The molecule has 1 aromatic rings. The Labute approximate surface area is 149 Å². The summed E-state index contributed by atoms with van der Waals surface area (Å²) >= 11 is 0. The molecule has 1 heterocycles. The van der Waals surface area contributed by atoms with Crippen molar-refractivity contribution in [3.8, 4) is 11.5 Å². The molecule has 0 unspecified atom stereocenters. The van der Waals surface area contributed by atoms with Gasteiger partial charge in [0, 0.05) is 32.1 Å². The lowest BCUT2D eigenvalue weighted by Crippen LogP contribution is -2.39. The van der Waals surface area contributed by atoms with Crippen molar-refractivity contribution in [2.75, 3.05) is 44.4 Å². The van der Waals surface area contributed by atoms with Crippen molar-refractivity contribution in [1.29, 1.82) is 0 Å². The second-order valence-corrected chi connectivity index (χ2v) is 7.97. The predicted molar refractivity (Wildman–Crippen MR) is 96.8 cm³/mol. The summed E-state index contributed by atoms with van der Waals surface area (Å²) in [6, 6.07) is 4.90. The molecule has 0 saturated carbocycles. The number of ether oxygens (including phenoxy) is 2. The largest absolute Gasteiger partial charge is 0.493 e. The molecule has 1 aliphatic heterocycles. The fraction of sp³-hybridized carbons (Fsp3) is 0.588. The summed E-state index contributed by atoms with van der Waals surface area (Å²) in [5.74, 6) is 0.953. The molecule has 2 rings (SSSR count). The number of carbonyl (C=O) groups is 1. The molecule has 1 amide bonds. The second kappa shape index (κ2) is 8.42. The Hall–Kier alpha value is -1.96. The molecule has 25 heavy (non-hydrogen) atoms. The fourth-order valence-corrected chi connectivity index (χ4v) is 3.88. The van der Waals surface area contributed by atoms with Crippen LogP contribution in [0.25, 0.3) is 0 Å². The van der Waals surface area contributed by atoms with Gasteiger partial charge in [-0.2, -0.15) is 0 Å². The van der Waals surface area contributed by atoms with Gasteiger partial charge in [-0.25, -0.2) is 8.42 Å². The Kier molecular flexibility index (Phi) is 6.52. The number of methoxy groups -OCH3 is 2. The number of hydrogen-bond donors (Lipinski definition) is 0. The molecule has 1 aromatic carbocycles. The van der Waals surface area contributed by atoms with Crippen LogP contribution in [0.3, 0.4) is 0 Å². The van der Waals surface area contributed by atoms with E-state index in [1.807, 2.05) is 4.90 Å². The summed E-state index contributed by atoms with van der Waals surface area (Å²) < 4.78 is 36.1. The number of amides is 1. The van der Waals surface area contributed by atoms with Crippen LogP contribution in [0.1, 0.15) is 25.7 Å². The van der Waals surface area contributed by atoms with Crippen LogP contribution in [-0.2, 0) is 14.8 Å². The minimum Gasteiger partial charge on any atom is -0.493 e. The van der Waals surface area contributed by atoms with Crippen molar-refractivity contribution in [3.05, 3.63) is 18.2 Å². The third-order valence-corrected chi connectivity index (χ3v) is 5.49. The minimum atomic E-state index is -3.52. The zero-order valence-electron chi connectivity index (χ0n) is 15.0. The molecule has 0 aromatic heterocycles. The van der Waals surface area contributed by atoms with E-state index in [1.165, 1.54) is 18.5 Å². The van der Waals surface area contributed by atoms with E-state index in [2.05, 4.69) is 0 Å². The molecule has 0 bridgehead atoms. The first kappa shape index (κ1) is 19.4. The van der Waals surface area contributed by atoms with Crippen LogP contribution in [0, 0.1) is 0 Å². The van der Waals surface area contributed by atoms with Crippen molar-refractivity contribution in [3.63, 3.8) is 0 Å². The maximum Gasteiger partial charge on any atom is 0.232 e. The number of piperidine rings is 1. The van der Waals surface area contributed by atoms with Gasteiger partial charge < -0.3 is 14.4 Å². The van der Waals surface area contributed by atoms with Gasteiger partial charge in [-0.15, -0.1) is 0 Å². The molecular weight excluding hydrogens is 344 g/mol. The third-order valence-electron chi connectivity index (χ3n) is 4.29. The van der Waals surface area contributed by atoms with Crippen LogP contribution < -0.4 is 13.8 Å². The summed E-state index contributed by atoms with van der Waals surface area (Å²) in [7, 11) is -0.513. The van der Waals surface area contributed by atoms with E-state index < -0.39 is 10.0 Å². The maximum atomic E-state index is 12.3. The van der Waals surface area contributed by atoms with Gasteiger partial charge in [-0.3, -0.25) is 9.10 Å². The summed E-state index contributed by atoms with van der Waals surface area (Å²) in [6.07, 6.45) is 4.45. The molecule has 0 spiro atoms. The van der Waals surface area contributed by atoms with Crippen molar-refractivity contribution in [2.24, 2.45) is 0 Å². The number of sulfonamides is 1. The zero-order valence-corrected chi connectivity index (χ0v) is 15.8. The minimum absolute atomic E-state index is 0.00572. The number of anilines is 1. The van der Waals surface area contributed by atoms with Gasteiger partial charge in [0.25, 0.3) is 0 Å². The van der Waals surface area contributed by atoms with Crippen molar-refractivity contribution in [2.45, 2.75) is 25.7 Å². The Morgan fingerprint density at radius 3 is 2.32 bits per heavy atom. The molecule has 7 nitrogen and oxygen atoms in total. The van der Waals surface area contributed by atoms with Crippen molar-refractivity contribution in [1.82, 2.24) is 4.90 Å². The van der Waals surface area contributed by atoms with E-state index in [4.69, 9.17) is 9.47 Å². The summed E-state index contributed by atoms with van der Waals surface area (Å²) in [6.45, 7) is 1.62. The molecule has 1 aliphatic rings. The molecular formula is C17H26N2O5S. The van der Waals surface area contributed by atoms with Gasteiger partial charge in [0.1, 0.15) is 0 Å². The van der Waals surface area contributed by atoms with E-state index in [0.29, 0.717) is 17.2 Å². The molecule has 0 N–H and O–H groups in total. The standard InChI is InChI=1S/C17H26N2O5S/c1-23-15-8-7-14(13-16(15)24-2)19(25(3,21)22)12-9-17(20)18-10-5-4-6-11-18/h7-8,13H,4-6,9-12H2,1-3H3. The number of benzene rings is 1. The Morgan fingerprint density at radius 1 is 1.12 bits per heavy atom. The van der Waals surface area contributed by atoms with Gasteiger partial charge in [-0.1, -0.05) is 0 Å². The van der Waals surface area contributed by atoms with Gasteiger partial charge in [0.15, 0.2) is 11.5 Å². The topological polar surface area (TPSA) is 76.2 Å². The summed E-state index contributed by atoms with van der Waals surface area (Å²) in [5, 5.41) is 0. The normalized spacial score (nSPS) is 14.9. The maximum absolute atomic E-state index is 12.3. The average Bonchev–Trinajstić information content (AvgIpc) is 2.61. The van der Waals surface area contributed by atoms with Gasteiger partial charge in [-0.05, 0) is 31.4 Å². The molecule has 1 saturated heterocycles. The summed E-state index contributed by atoms with van der Waals surface area (Å²) in [5.41, 5.74) is 0.451. The highest BCUT2D eigenvalue weighted by Gasteiger charge is 2.22.